The first-order chi connectivity index (χ1) is 12.4. The fourth-order valence-corrected chi connectivity index (χ4v) is 2.94. The van der Waals surface area contributed by atoms with Gasteiger partial charge in [-0.3, -0.25) is 9.59 Å². The molecule has 0 spiro atoms. The molecule has 2 aromatic carbocycles. The van der Waals surface area contributed by atoms with Crippen LogP contribution in [0.5, 0.6) is 5.75 Å². The summed E-state index contributed by atoms with van der Waals surface area (Å²) in [7, 11) is 1.57. The van der Waals surface area contributed by atoms with Crippen molar-refractivity contribution >= 4 is 29.1 Å². The number of rotatable bonds is 5. The zero-order chi connectivity index (χ0) is 18.7. The summed E-state index contributed by atoms with van der Waals surface area (Å²) in [6.07, 6.45) is 1.07. The molecule has 0 fully saturated rings. The summed E-state index contributed by atoms with van der Waals surface area (Å²) >= 11 is 5.99. The van der Waals surface area contributed by atoms with Gasteiger partial charge < -0.3 is 15.0 Å². The summed E-state index contributed by atoms with van der Waals surface area (Å²) in [6.45, 7) is -0.113. The first-order valence-corrected chi connectivity index (χ1v) is 8.54. The smallest absolute Gasteiger partial charge is 0.260 e. The van der Waals surface area contributed by atoms with Crippen molar-refractivity contribution in [2.45, 2.75) is 19.4 Å². The molecule has 0 unspecified atom stereocenters. The fraction of sp³-hybridized carbons (Fsp3) is 0.263. The summed E-state index contributed by atoms with van der Waals surface area (Å²) in [4.78, 5) is 25.0. The number of likely N-dealkylation sites (N-methyl/N-ethyl adjacent to an activating group) is 1. The number of anilines is 1. The van der Waals surface area contributed by atoms with E-state index < -0.39 is 5.82 Å². The van der Waals surface area contributed by atoms with Crippen LogP contribution >= 0.6 is 11.6 Å². The number of benzene rings is 2. The van der Waals surface area contributed by atoms with Crippen LogP contribution in [0.4, 0.5) is 10.1 Å². The van der Waals surface area contributed by atoms with Crippen molar-refractivity contribution in [3.63, 3.8) is 0 Å². The maximum absolute atomic E-state index is 13.8. The highest BCUT2D eigenvalue weighted by molar-refractivity contribution is 6.31. The number of nitrogens with one attached hydrogen (secondary N) is 1. The molecule has 1 aliphatic heterocycles. The molecule has 0 radical (unpaired) electrons. The Bertz CT molecular complexity index is 836. The van der Waals surface area contributed by atoms with E-state index in [9.17, 15) is 14.0 Å². The molecule has 1 N–H and O–H groups in total. The van der Waals surface area contributed by atoms with Gasteiger partial charge in [0, 0.05) is 36.3 Å². The first kappa shape index (κ1) is 18.2. The monoisotopic (exact) mass is 376 g/mol. The van der Waals surface area contributed by atoms with Gasteiger partial charge in [0.1, 0.15) is 11.6 Å². The number of aryl methyl sites for hydroxylation is 1. The van der Waals surface area contributed by atoms with Crippen LogP contribution in [0, 0.1) is 5.82 Å². The van der Waals surface area contributed by atoms with Crippen molar-refractivity contribution in [2.24, 2.45) is 0 Å². The van der Waals surface area contributed by atoms with Crippen LogP contribution in [0.3, 0.4) is 0 Å². The van der Waals surface area contributed by atoms with Gasteiger partial charge >= 0.3 is 0 Å². The van der Waals surface area contributed by atoms with E-state index in [0.717, 1.165) is 11.3 Å². The fourth-order valence-electron chi connectivity index (χ4n) is 2.71. The quantitative estimate of drug-likeness (QED) is 0.870. The second-order valence-electron chi connectivity index (χ2n) is 6.11. The van der Waals surface area contributed by atoms with Gasteiger partial charge in [-0.05, 0) is 42.3 Å². The van der Waals surface area contributed by atoms with E-state index in [1.165, 1.54) is 17.0 Å². The predicted octanol–water partition coefficient (Wildman–Crippen LogP) is 3.40. The largest absolute Gasteiger partial charge is 0.484 e. The third-order valence-corrected chi connectivity index (χ3v) is 4.57. The molecule has 2 aromatic rings. The molecule has 136 valence electrons. The molecule has 0 atom stereocenters. The third-order valence-electron chi connectivity index (χ3n) is 4.22. The Morgan fingerprint density at radius 3 is 2.88 bits per heavy atom. The Labute approximate surface area is 155 Å². The highest BCUT2D eigenvalue weighted by atomic mass is 35.5. The Morgan fingerprint density at radius 2 is 2.12 bits per heavy atom. The third kappa shape index (κ3) is 4.14. The standard InChI is InChI=1S/C19H18ClFN2O3/c1-23(10-14-15(20)3-2-4-16(14)21)19(25)11-26-13-6-7-17-12(9-13)5-8-18(24)22-17/h2-4,6-7,9H,5,8,10-11H2,1H3,(H,22,24). The number of hydrogen-bond acceptors (Lipinski definition) is 3. The Hall–Kier alpha value is -2.60. The van der Waals surface area contributed by atoms with E-state index in [1.807, 2.05) is 6.07 Å². The Morgan fingerprint density at radius 1 is 1.31 bits per heavy atom. The molecule has 1 aliphatic rings. The normalized spacial score (nSPS) is 13.0. The number of ether oxygens (including phenoxy) is 1. The van der Waals surface area contributed by atoms with Crippen molar-refractivity contribution in [2.75, 3.05) is 19.0 Å². The molecule has 2 amide bonds. The lowest BCUT2D eigenvalue weighted by molar-refractivity contribution is -0.132. The first-order valence-electron chi connectivity index (χ1n) is 8.16. The number of carbonyl (C=O) groups excluding carboxylic acids is 2. The van der Waals surface area contributed by atoms with Crippen LogP contribution < -0.4 is 10.1 Å². The zero-order valence-corrected chi connectivity index (χ0v) is 15.0. The average Bonchev–Trinajstić information content (AvgIpc) is 2.62. The molecule has 0 bridgehead atoms. The molecule has 5 nitrogen and oxygen atoms in total. The molecule has 1 heterocycles. The van der Waals surface area contributed by atoms with Gasteiger partial charge in [-0.2, -0.15) is 0 Å². The van der Waals surface area contributed by atoms with Gasteiger partial charge in [0.05, 0.1) is 0 Å². The number of hydrogen-bond donors (Lipinski definition) is 1. The molecule has 0 saturated heterocycles. The SMILES string of the molecule is CN(Cc1c(F)cccc1Cl)C(=O)COc1ccc2c(c1)CCC(=O)N2. The highest BCUT2D eigenvalue weighted by Gasteiger charge is 2.17. The second kappa shape index (κ2) is 7.74. The molecule has 3 rings (SSSR count). The molecule has 26 heavy (non-hydrogen) atoms. The van der Waals surface area contributed by atoms with Crippen molar-refractivity contribution in [1.29, 1.82) is 0 Å². The minimum Gasteiger partial charge on any atom is -0.484 e. The Kier molecular flexibility index (Phi) is 5.42. The lowest BCUT2D eigenvalue weighted by Crippen LogP contribution is -2.31. The predicted molar refractivity (Wildman–Crippen MR) is 96.8 cm³/mol. The highest BCUT2D eigenvalue weighted by Crippen LogP contribution is 2.27. The van der Waals surface area contributed by atoms with Gasteiger partial charge in [-0.1, -0.05) is 17.7 Å². The molecule has 7 heteroatoms. The van der Waals surface area contributed by atoms with Gasteiger partial charge in [-0.25, -0.2) is 4.39 Å². The lowest BCUT2D eigenvalue weighted by atomic mass is 10.0. The van der Waals surface area contributed by atoms with E-state index in [1.54, 1.807) is 25.2 Å². The van der Waals surface area contributed by atoms with Crippen LogP contribution in [0.2, 0.25) is 5.02 Å². The molecule has 0 aliphatic carbocycles. The topological polar surface area (TPSA) is 58.6 Å². The summed E-state index contributed by atoms with van der Waals surface area (Å²) in [6, 6.07) is 9.68. The lowest BCUT2D eigenvalue weighted by Gasteiger charge is -2.20. The number of fused-ring (bicyclic) bond motifs is 1. The van der Waals surface area contributed by atoms with Crippen molar-refractivity contribution < 1.29 is 18.7 Å². The van der Waals surface area contributed by atoms with Gasteiger partial charge in [0.2, 0.25) is 5.91 Å². The van der Waals surface area contributed by atoms with Crippen LogP contribution in [0.25, 0.3) is 0 Å². The number of halogens is 2. The molecular formula is C19H18ClFN2O3. The van der Waals surface area contributed by atoms with Crippen LogP contribution in [-0.2, 0) is 22.6 Å². The zero-order valence-electron chi connectivity index (χ0n) is 14.2. The number of amides is 2. The van der Waals surface area contributed by atoms with Gasteiger partial charge in [0.15, 0.2) is 6.61 Å². The molecule has 0 saturated carbocycles. The van der Waals surface area contributed by atoms with Gasteiger partial charge in [0.25, 0.3) is 5.91 Å². The van der Waals surface area contributed by atoms with E-state index in [0.29, 0.717) is 18.6 Å². The Balaban J connectivity index is 1.59. The van der Waals surface area contributed by atoms with Crippen molar-refractivity contribution in [3.8, 4) is 5.75 Å². The second-order valence-corrected chi connectivity index (χ2v) is 6.51. The summed E-state index contributed by atoms with van der Waals surface area (Å²) in [5.41, 5.74) is 2.02. The van der Waals surface area contributed by atoms with E-state index in [2.05, 4.69) is 5.32 Å². The maximum atomic E-state index is 13.8. The van der Waals surface area contributed by atoms with Crippen LogP contribution in [-0.4, -0.2) is 30.4 Å². The molecular weight excluding hydrogens is 359 g/mol. The average molecular weight is 377 g/mol. The van der Waals surface area contributed by atoms with E-state index in [-0.39, 0.29) is 35.6 Å². The van der Waals surface area contributed by atoms with Crippen LogP contribution in [0.15, 0.2) is 36.4 Å². The van der Waals surface area contributed by atoms with E-state index >= 15 is 0 Å². The van der Waals surface area contributed by atoms with Crippen molar-refractivity contribution in [3.05, 3.63) is 58.4 Å². The number of nitrogens with zero attached hydrogens (tertiary/aromatic N) is 1. The van der Waals surface area contributed by atoms with Crippen LogP contribution in [0.1, 0.15) is 17.5 Å². The summed E-state index contributed by atoms with van der Waals surface area (Å²) < 4.78 is 19.4. The molecule has 0 aromatic heterocycles. The summed E-state index contributed by atoms with van der Waals surface area (Å²) in [5.74, 6) is -0.203. The minimum absolute atomic E-state index is 0.00484. The van der Waals surface area contributed by atoms with Crippen molar-refractivity contribution in [1.82, 2.24) is 4.90 Å². The van der Waals surface area contributed by atoms with Gasteiger partial charge in [-0.15, -0.1) is 0 Å². The summed E-state index contributed by atoms with van der Waals surface area (Å²) in [5, 5.41) is 3.07. The maximum Gasteiger partial charge on any atom is 0.260 e. The number of carbonyl (C=O) groups is 2. The minimum atomic E-state index is -0.449. The van der Waals surface area contributed by atoms with E-state index in [4.69, 9.17) is 16.3 Å².